The molecule has 0 saturated carbocycles. The summed E-state index contributed by atoms with van der Waals surface area (Å²) in [7, 11) is 1.95. The highest BCUT2D eigenvalue weighted by Crippen LogP contribution is 2.48. The molecular weight excluding hydrogens is 362 g/mol. The van der Waals surface area contributed by atoms with Crippen LogP contribution in [0.3, 0.4) is 0 Å². The van der Waals surface area contributed by atoms with E-state index in [2.05, 4.69) is 65.4 Å². The van der Waals surface area contributed by atoms with Gasteiger partial charge in [-0.3, -0.25) is 9.58 Å². The molecule has 5 rings (SSSR count). The van der Waals surface area contributed by atoms with E-state index in [0.717, 1.165) is 36.6 Å². The van der Waals surface area contributed by atoms with E-state index < -0.39 is 0 Å². The first kappa shape index (κ1) is 18.6. The van der Waals surface area contributed by atoms with E-state index in [1.807, 2.05) is 11.7 Å². The molecule has 29 heavy (non-hydrogen) atoms. The Labute approximate surface area is 171 Å². The highest BCUT2D eigenvalue weighted by atomic mass is 16.5. The lowest BCUT2D eigenvalue weighted by atomic mass is 9.94. The molecule has 2 aromatic heterocycles. The monoisotopic (exact) mass is 391 g/mol. The average Bonchev–Trinajstić information content (AvgIpc) is 3.45. The average molecular weight is 392 g/mol. The van der Waals surface area contributed by atoms with E-state index in [0.29, 0.717) is 29.8 Å². The predicted molar refractivity (Wildman–Crippen MR) is 111 cm³/mol. The van der Waals surface area contributed by atoms with Gasteiger partial charge in [0, 0.05) is 25.0 Å². The van der Waals surface area contributed by atoms with Crippen molar-refractivity contribution < 1.29 is 4.52 Å². The van der Waals surface area contributed by atoms with Gasteiger partial charge in [-0.15, -0.1) is 0 Å². The Morgan fingerprint density at radius 2 is 2.03 bits per heavy atom. The van der Waals surface area contributed by atoms with Gasteiger partial charge in [0.25, 0.3) is 5.89 Å². The zero-order valence-electron chi connectivity index (χ0n) is 17.5. The van der Waals surface area contributed by atoms with Gasteiger partial charge in [0.1, 0.15) is 5.69 Å². The highest BCUT2D eigenvalue weighted by molar-refractivity contribution is 5.48. The third-order valence-electron chi connectivity index (χ3n) is 6.41. The molecule has 4 heterocycles. The van der Waals surface area contributed by atoms with E-state index >= 15 is 0 Å². The third kappa shape index (κ3) is 3.39. The standard InChI is InChI=1S/C23H29N5O/c1-15(2)12-17-13-21(27(3)25-17)23-24-22(26-29-23)18-14-20(16-8-5-4-6-9-16)28-11-7-10-19(18)28/h4-6,8-9,13,15,18-20H,7,10-12,14H2,1-3H3/t18-,19+,20-/m0/s1. The lowest BCUT2D eigenvalue weighted by molar-refractivity contribution is 0.243. The molecule has 3 aromatic rings. The Morgan fingerprint density at radius 1 is 1.21 bits per heavy atom. The van der Waals surface area contributed by atoms with Gasteiger partial charge in [-0.2, -0.15) is 10.1 Å². The van der Waals surface area contributed by atoms with Gasteiger partial charge >= 0.3 is 0 Å². The first-order valence-electron chi connectivity index (χ1n) is 10.8. The van der Waals surface area contributed by atoms with Crippen molar-refractivity contribution in [1.29, 1.82) is 0 Å². The Hall–Kier alpha value is -2.47. The van der Waals surface area contributed by atoms with E-state index in [1.165, 1.54) is 18.4 Å². The summed E-state index contributed by atoms with van der Waals surface area (Å²) in [6.45, 7) is 5.57. The van der Waals surface area contributed by atoms with Crippen LogP contribution in [-0.2, 0) is 13.5 Å². The molecule has 0 N–H and O–H groups in total. The molecule has 6 heteroatoms. The Morgan fingerprint density at radius 3 is 2.83 bits per heavy atom. The van der Waals surface area contributed by atoms with Gasteiger partial charge in [-0.05, 0) is 49.8 Å². The molecule has 0 spiro atoms. The van der Waals surface area contributed by atoms with Crippen LogP contribution in [0.2, 0.25) is 0 Å². The van der Waals surface area contributed by atoms with Gasteiger partial charge in [0.15, 0.2) is 5.82 Å². The van der Waals surface area contributed by atoms with Crippen LogP contribution < -0.4 is 0 Å². The number of hydrogen-bond donors (Lipinski definition) is 0. The summed E-state index contributed by atoms with van der Waals surface area (Å²) in [5.74, 6) is 2.32. The first-order chi connectivity index (χ1) is 14.1. The molecule has 0 radical (unpaired) electrons. The fourth-order valence-electron chi connectivity index (χ4n) is 5.18. The first-order valence-corrected chi connectivity index (χ1v) is 10.8. The molecule has 0 amide bonds. The fourth-order valence-corrected chi connectivity index (χ4v) is 5.18. The number of fused-ring (bicyclic) bond motifs is 1. The van der Waals surface area contributed by atoms with Crippen molar-refractivity contribution in [2.45, 2.75) is 57.5 Å². The predicted octanol–water partition coefficient (Wildman–Crippen LogP) is 4.36. The zero-order valence-corrected chi connectivity index (χ0v) is 17.5. The second-order valence-corrected chi connectivity index (χ2v) is 8.92. The van der Waals surface area contributed by atoms with Gasteiger partial charge in [0.05, 0.1) is 5.69 Å². The van der Waals surface area contributed by atoms with Crippen LogP contribution in [0.15, 0.2) is 40.9 Å². The molecule has 152 valence electrons. The van der Waals surface area contributed by atoms with Crippen LogP contribution in [0.5, 0.6) is 0 Å². The second kappa shape index (κ2) is 7.41. The number of aryl methyl sites for hydroxylation is 1. The van der Waals surface area contributed by atoms with Crippen LogP contribution >= 0.6 is 0 Å². The van der Waals surface area contributed by atoms with Gasteiger partial charge in [-0.1, -0.05) is 49.3 Å². The Balaban J connectivity index is 1.41. The molecule has 3 atom stereocenters. The number of benzene rings is 1. The van der Waals surface area contributed by atoms with Crippen molar-refractivity contribution in [3.05, 3.63) is 53.5 Å². The summed E-state index contributed by atoms with van der Waals surface area (Å²) < 4.78 is 7.57. The Bertz CT molecular complexity index is 976. The summed E-state index contributed by atoms with van der Waals surface area (Å²) in [5, 5.41) is 9.04. The minimum absolute atomic E-state index is 0.323. The molecule has 2 aliphatic rings. The molecule has 1 aromatic carbocycles. The SMILES string of the molecule is CC(C)Cc1cc(-c2nc([C@H]3C[C@@H](c4ccccc4)N4CCC[C@H]34)no2)n(C)n1. The van der Waals surface area contributed by atoms with Crippen molar-refractivity contribution in [2.75, 3.05) is 6.54 Å². The zero-order chi connectivity index (χ0) is 20.0. The van der Waals surface area contributed by atoms with Crippen LogP contribution in [0.4, 0.5) is 0 Å². The second-order valence-electron chi connectivity index (χ2n) is 8.92. The summed E-state index contributed by atoms with van der Waals surface area (Å²) in [4.78, 5) is 7.49. The van der Waals surface area contributed by atoms with E-state index in [9.17, 15) is 0 Å². The van der Waals surface area contributed by atoms with E-state index in [-0.39, 0.29) is 0 Å². The molecule has 0 bridgehead atoms. The van der Waals surface area contributed by atoms with Crippen LogP contribution in [0.25, 0.3) is 11.6 Å². The molecular formula is C23H29N5O. The van der Waals surface area contributed by atoms with Crippen molar-refractivity contribution in [3.63, 3.8) is 0 Å². The van der Waals surface area contributed by atoms with Gasteiger partial charge in [-0.25, -0.2) is 0 Å². The fraction of sp³-hybridized carbons (Fsp3) is 0.522. The summed E-state index contributed by atoms with van der Waals surface area (Å²) in [6, 6.07) is 13.9. The van der Waals surface area contributed by atoms with Gasteiger partial charge in [0.2, 0.25) is 0 Å². The molecule has 6 nitrogen and oxygen atoms in total. The Kier molecular flexibility index (Phi) is 4.74. The summed E-state index contributed by atoms with van der Waals surface area (Å²) >= 11 is 0. The quantitative estimate of drug-likeness (QED) is 0.647. The van der Waals surface area contributed by atoms with Crippen molar-refractivity contribution in [1.82, 2.24) is 24.8 Å². The molecule has 0 unspecified atom stereocenters. The number of hydrogen-bond acceptors (Lipinski definition) is 5. The smallest absolute Gasteiger partial charge is 0.276 e. The number of aromatic nitrogens is 4. The maximum Gasteiger partial charge on any atom is 0.276 e. The van der Waals surface area contributed by atoms with Crippen molar-refractivity contribution >= 4 is 0 Å². The molecule has 2 fully saturated rings. The highest BCUT2D eigenvalue weighted by Gasteiger charge is 2.46. The van der Waals surface area contributed by atoms with Crippen LogP contribution in [0, 0.1) is 5.92 Å². The number of nitrogens with zero attached hydrogens (tertiary/aromatic N) is 5. The minimum atomic E-state index is 0.323. The summed E-state index contributed by atoms with van der Waals surface area (Å²) in [6.07, 6.45) is 4.46. The van der Waals surface area contributed by atoms with Crippen molar-refractivity contribution in [3.8, 4) is 11.6 Å². The topological polar surface area (TPSA) is 60.0 Å². The van der Waals surface area contributed by atoms with Crippen molar-refractivity contribution in [2.24, 2.45) is 13.0 Å². The lowest BCUT2D eigenvalue weighted by Crippen LogP contribution is -2.27. The van der Waals surface area contributed by atoms with Gasteiger partial charge < -0.3 is 4.52 Å². The van der Waals surface area contributed by atoms with Crippen LogP contribution in [-0.4, -0.2) is 37.4 Å². The normalized spacial score (nSPS) is 24.5. The maximum atomic E-state index is 5.71. The molecule has 2 saturated heterocycles. The maximum absolute atomic E-state index is 5.71. The third-order valence-corrected chi connectivity index (χ3v) is 6.41. The molecule has 0 aliphatic carbocycles. The van der Waals surface area contributed by atoms with E-state index in [1.54, 1.807) is 0 Å². The minimum Gasteiger partial charge on any atom is -0.332 e. The lowest BCUT2D eigenvalue weighted by Gasteiger charge is -2.24. The molecule has 2 aliphatic heterocycles. The number of rotatable bonds is 5. The van der Waals surface area contributed by atoms with Crippen LogP contribution in [0.1, 0.15) is 62.2 Å². The summed E-state index contributed by atoms with van der Waals surface area (Å²) in [5.41, 5.74) is 3.38. The largest absolute Gasteiger partial charge is 0.332 e. The van der Waals surface area contributed by atoms with E-state index in [4.69, 9.17) is 9.51 Å².